The van der Waals surface area contributed by atoms with Crippen molar-refractivity contribution in [2.75, 3.05) is 33.0 Å². The molecule has 0 aliphatic heterocycles. The van der Waals surface area contributed by atoms with Crippen molar-refractivity contribution >= 4 is 13.8 Å². The highest BCUT2D eigenvalue weighted by molar-refractivity contribution is 7.47. The van der Waals surface area contributed by atoms with Crippen LogP contribution in [0.4, 0.5) is 0 Å². The van der Waals surface area contributed by atoms with Gasteiger partial charge in [-0.25, -0.2) is 4.57 Å². The highest BCUT2D eigenvalue weighted by atomic mass is 31.2. The van der Waals surface area contributed by atoms with Crippen molar-refractivity contribution in [2.45, 2.75) is 180 Å². The Labute approximate surface area is 337 Å². The second-order valence-electron chi connectivity index (χ2n) is 14.2. The molecule has 0 amide bonds. The lowest BCUT2D eigenvalue weighted by Gasteiger charge is -2.20. The molecule has 0 aromatic heterocycles. The molecule has 3 N–H and O–H groups in total. The third kappa shape index (κ3) is 42.9. The number of carbonyl (C=O) groups excluding carboxylic acids is 1. The summed E-state index contributed by atoms with van der Waals surface area (Å²) in [5.74, 6) is -0.365. The van der Waals surface area contributed by atoms with Gasteiger partial charge in [0.15, 0.2) is 0 Å². The highest BCUT2D eigenvalue weighted by Gasteiger charge is 2.25. The van der Waals surface area contributed by atoms with Crippen molar-refractivity contribution in [3.05, 3.63) is 72.9 Å². The van der Waals surface area contributed by atoms with Gasteiger partial charge in [0.1, 0.15) is 6.10 Å². The first-order valence-electron chi connectivity index (χ1n) is 21.9. The number of carbonyl (C=O) groups is 1. The first kappa shape index (κ1) is 52.9. The van der Waals surface area contributed by atoms with Crippen LogP contribution in [0.25, 0.3) is 0 Å². The van der Waals surface area contributed by atoms with Gasteiger partial charge in [-0.1, -0.05) is 157 Å². The van der Waals surface area contributed by atoms with Gasteiger partial charge in [0.2, 0.25) is 0 Å². The number of phosphoric ester groups is 1. The van der Waals surface area contributed by atoms with Gasteiger partial charge in [-0.05, 0) is 83.5 Å². The van der Waals surface area contributed by atoms with Crippen molar-refractivity contribution in [2.24, 2.45) is 5.73 Å². The van der Waals surface area contributed by atoms with Gasteiger partial charge in [-0.15, -0.1) is 0 Å². The lowest BCUT2D eigenvalue weighted by Crippen LogP contribution is -2.28. The fourth-order valence-corrected chi connectivity index (χ4v) is 6.43. The molecule has 0 aromatic rings. The fraction of sp³-hybridized carbons (Fsp3) is 0.717. The number of unbranched alkanes of at least 4 members (excludes halogenated alkanes) is 16. The maximum Gasteiger partial charge on any atom is 0.472 e. The van der Waals surface area contributed by atoms with Crippen LogP contribution in [0.5, 0.6) is 0 Å². The summed E-state index contributed by atoms with van der Waals surface area (Å²) in [5, 5.41) is 0. The topological polar surface area (TPSA) is 117 Å². The summed E-state index contributed by atoms with van der Waals surface area (Å²) in [5.41, 5.74) is 5.37. The largest absolute Gasteiger partial charge is 0.472 e. The normalized spacial score (nSPS) is 14.2. The van der Waals surface area contributed by atoms with Crippen LogP contribution in [0.15, 0.2) is 72.9 Å². The Morgan fingerprint density at radius 1 is 0.564 bits per heavy atom. The molecule has 0 aliphatic rings. The van der Waals surface area contributed by atoms with E-state index in [1.54, 1.807) is 0 Å². The summed E-state index contributed by atoms with van der Waals surface area (Å²) >= 11 is 0. The molecular weight excluding hydrogens is 709 g/mol. The third-order valence-electron chi connectivity index (χ3n) is 8.86. The first-order valence-corrected chi connectivity index (χ1v) is 23.4. The van der Waals surface area contributed by atoms with E-state index in [4.69, 9.17) is 24.3 Å². The standard InChI is InChI=1S/C46H82NO7P/c1-3-5-7-9-11-13-15-17-19-21-22-23-25-27-29-31-33-35-37-39-46(48)54-45(44-53-55(49,50)52-42-40-47)43-51-41-38-36-34-32-30-28-26-24-20-18-16-14-12-10-8-6-4-2/h5,7,11,13,17,19-20,22-24,27,29,45H,3-4,6,8-10,12,14-16,18,21,25-26,28,30-44,47H2,1-2H3,(H,49,50)/b7-5-,13-11-,19-17-,23-22-,24-20-,29-27-. The fourth-order valence-electron chi connectivity index (χ4n) is 5.66. The van der Waals surface area contributed by atoms with Gasteiger partial charge < -0.3 is 20.1 Å². The quantitative estimate of drug-likeness (QED) is 0.0272. The molecule has 0 saturated carbocycles. The van der Waals surface area contributed by atoms with Gasteiger partial charge in [-0.2, -0.15) is 0 Å². The van der Waals surface area contributed by atoms with Crippen LogP contribution >= 0.6 is 7.82 Å². The summed E-state index contributed by atoms with van der Waals surface area (Å²) in [6.07, 6.45) is 53.5. The van der Waals surface area contributed by atoms with E-state index in [1.807, 2.05) is 0 Å². The maximum atomic E-state index is 12.6. The van der Waals surface area contributed by atoms with Crippen LogP contribution < -0.4 is 5.73 Å². The second-order valence-corrected chi connectivity index (χ2v) is 15.6. The average molecular weight is 792 g/mol. The van der Waals surface area contributed by atoms with Gasteiger partial charge >= 0.3 is 13.8 Å². The molecule has 0 aromatic carbocycles. The summed E-state index contributed by atoms with van der Waals surface area (Å²) in [7, 11) is -4.29. The minimum Gasteiger partial charge on any atom is -0.457 e. The van der Waals surface area contributed by atoms with Gasteiger partial charge in [-0.3, -0.25) is 13.8 Å². The molecule has 2 unspecified atom stereocenters. The second kappa shape index (κ2) is 43.1. The summed E-state index contributed by atoms with van der Waals surface area (Å²) in [4.78, 5) is 22.5. The van der Waals surface area contributed by atoms with E-state index in [2.05, 4.69) is 86.8 Å². The molecule has 0 fully saturated rings. The number of ether oxygens (including phenoxy) is 2. The Morgan fingerprint density at radius 2 is 1.02 bits per heavy atom. The molecule has 0 radical (unpaired) electrons. The van der Waals surface area contributed by atoms with Crippen molar-refractivity contribution in [1.29, 1.82) is 0 Å². The summed E-state index contributed by atoms with van der Waals surface area (Å²) < 4.78 is 33.4. The zero-order chi connectivity index (χ0) is 40.2. The Hall–Kier alpha value is -2.06. The Kier molecular flexibility index (Phi) is 41.5. The van der Waals surface area contributed by atoms with Crippen LogP contribution in [-0.2, 0) is 27.9 Å². The highest BCUT2D eigenvalue weighted by Crippen LogP contribution is 2.43. The van der Waals surface area contributed by atoms with E-state index in [9.17, 15) is 14.3 Å². The molecule has 8 nitrogen and oxygen atoms in total. The minimum absolute atomic E-state index is 0.0902. The van der Waals surface area contributed by atoms with E-state index in [-0.39, 0.29) is 38.8 Å². The van der Waals surface area contributed by atoms with Gasteiger partial charge in [0, 0.05) is 19.6 Å². The monoisotopic (exact) mass is 792 g/mol. The molecule has 55 heavy (non-hydrogen) atoms. The predicted molar refractivity (Wildman–Crippen MR) is 233 cm³/mol. The van der Waals surface area contributed by atoms with Crippen molar-refractivity contribution in [3.63, 3.8) is 0 Å². The van der Waals surface area contributed by atoms with E-state index >= 15 is 0 Å². The number of rotatable bonds is 41. The average Bonchev–Trinajstić information content (AvgIpc) is 3.17. The number of esters is 1. The number of hydrogen-bond acceptors (Lipinski definition) is 7. The van der Waals surface area contributed by atoms with Crippen molar-refractivity contribution < 1.29 is 32.8 Å². The van der Waals surface area contributed by atoms with E-state index in [1.165, 1.54) is 83.5 Å². The van der Waals surface area contributed by atoms with Crippen molar-refractivity contribution in [3.8, 4) is 0 Å². The Bertz CT molecular complexity index is 1070. The molecule has 0 saturated heterocycles. The van der Waals surface area contributed by atoms with E-state index in [0.717, 1.165) is 64.2 Å². The van der Waals surface area contributed by atoms with Crippen LogP contribution in [-0.4, -0.2) is 49.9 Å². The zero-order valence-electron chi connectivity index (χ0n) is 35.1. The molecule has 0 heterocycles. The Morgan fingerprint density at radius 3 is 1.55 bits per heavy atom. The molecule has 0 bridgehead atoms. The van der Waals surface area contributed by atoms with Crippen LogP contribution in [0.1, 0.15) is 174 Å². The number of phosphoric acid groups is 1. The molecule has 0 spiro atoms. The molecule has 9 heteroatoms. The summed E-state index contributed by atoms with van der Waals surface area (Å²) in [6, 6.07) is 0. The molecular formula is C46H82NO7P. The smallest absolute Gasteiger partial charge is 0.457 e. The molecule has 0 rings (SSSR count). The van der Waals surface area contributed by atoms with E-state index in [0.29, 0.717) is 13.0 Å². The molecule has 2 atom stereocenters. The van der Waals surface area contributed by atoms with Crippen LogP contribution in [0.2, 0.25) is 0 Å². The molecule has 0 aliphatic carbocycles. The van der Waals surface area contributed by atoms with Crippen LogP contribution in [0, 0.1) is 0 Å². The van der Waals surface area contributed by atoms with E-state index < -0.39 is 13.9 Å². The lowest BCUT2D eigenvalue weighted by atomic mass is 10.1. The number of hydrogen-bond donors (Lipinski definition) is 2. The van der Waals surface area contributed by atoms with Gasteiger partial charge in [0.05, 0.1) is 19.8 Å². The zero-order valence-corrected chi connectivity index (χ0v) is 36.0. The SMILES string of the molecule is CC/C=C\C/C=C\C/C=C\C/C=C\C/C=C\CCCCCC(=O)OC(COCCCCCCCC/C=C\CCCCCCCCC)COP(=O)(O)OCCN. The van der Waals surface area contributed by atoms with Crippen molar-refractivity contribution in [1.82, 2.24) is 0 Å². The number of allylic oxidation sites excluding steroid dienone is 12. The number of nitrogens with two attached hydrogens (primary N) is 1. The summed E-state index contributed by atoms with van der Waals surface area (Å²) in [6.45, 7) is 4.73. The predicted octanol–water partition coefficient (Wildman–Crippen LogP) is 13.1. The molecule has 318 valence electrons. The Balaban J connectivity index is 4.13. The maximum absolute atomic E-state index is 12.6. The van der Waals surface area contributed by atoms with Crippen LogP contribution in [0.3, 0.4) is 0 Å². The minimum atomic E-state index is -4.29. The first-order chi connectivity index (χ1) is 26.9. The lowest BCUT2D eigenvalue weighted by molar-refractivity contribution is -0.154. The van der Waals surface area contributed by atoms with Gasteiger partial charge in [0.25, 0.3) is 0 Å². The third-order valence-corrected chi connectivity index (χ3v) is 9.84.